The number of benzene rings is 1. The third kappa shape index (κ3) is 4.83. The normalized spacial score (nSPS) is 13.1. The Labute approximate surface area is 188 Å². The van der Waals surface area contributed by atoms with Crippen LogP contribution in [0.5, 0.6) is 0 Å². The van der Waals surface area contributed by atoms with Gasteiger partial charge < -0.3 is 5.32 Å². The van der Waals surface area contributed by atoms with E-state index in [9.17, 15) is 14.4 Å². The predicted molar refractivity (Wildman–Crippen MR) is 124 cm³/mol. The third-order valence-corrected chi connectivity index (χ3v) is 7.40. The molecule has 162 valence electrons. The molecule has 7 nitrogen and oxygen atoms in total. The maximum absolute atomic E-state index is 13.1. The lowest BCUT2D eigenvalue weighted by atomic mass is 9.97. The third-order valence-electron chi connectivity index (χ3n) is 5.24. The van der Waals surface area contributed by atoms with Crippen molar-refractivity contribution >= 4 is 45.3 Å². The zero-order valence-electron chi connectivity index (χ0n) is 17.3. The molecule has 2 heterocycles. The highest BCUT2D eigenvalue weighted by molar-refractivity contribution is 7.99. The lowest BCUT2D eigenvalue weighted by Crippen LogP contribution is -2.40. The molecule has 0 bridgehead atoms. The van der Waals surface area contributed by atoms with Crippen molar-refractivity contribution in [2.45, 2.75) is 50.9 Å². The number of nitrogens with one attached hydrogen (secondary N) is 2. The lowest BCUT2D eigenvalue weighted by Gasteiger charge is -2.12. The fraction of sp³-hybridized carbons (Fsp3) is 0.364. The first-order valence-electron chi connectivity index (χ1n) is 10.4. The molecule has 0 radical (unpaired) electrons. The van der Waals surface area contributed by atoms with Crippen LogP contribution in [-0.4, -0.2) is 27.2 Å². The summed E-state index contributed by atoms with van der Waals surface area (Å²) in [5, 5.41) is 6.25. The van der Waals surface area contributed by atoms with Gasteiger partial charge in [0, 0.05) is 18.0 Å². The number of hydrogen-bond donors (Lipinski definition) is 2. The number of rotatable bonds is 6. The standard InChI is InChI=1S/C22H24N4O3S2/c1-2-26-20(28)18-15-10-6-7-11-16(15)31-19(18)25-22(26)30-13-17(27)24-21(29)23-12-14-8-4-3-5-9-14/h3-5,8-9H,2,6-7,10-13H2,1H3,(H2,23,24,27,29). The van der Waals surface area contributed by atoms with E-state index in [0.717, 1.165) is 47.0 Å². The molecular formula is C22H24N4O3S2. The van der Waals surface area contributed by atoms with Gasteiger partial charge in [-0.2, -0.15) is 0 Å². The molecule has 0 atom stereocenters. The molecule has 2 aromatic heterocycles. The van der Waals surface area contributed by atoms with Gasteiger partial charge >= 0.3 is 6.03 Å². The molecule has 0 aliphatic heterocycles. The van der Waals surface area contributed by atoms with Crippen molar-refractivity contribution < 1.29 is 9.59 Å². The molecule has 1 aliphatic carbocycles. The first-order valence-corrected chi connectivity index (χ1v) is 12.2. The molecule has 9 heteroatoms. The van der Waals surface area contributed by atoms with Gasteiger partial charge in [-0.15, -0.1) is 11.3 Å². The minimum Gasteiger partial charge on any atom is -0.334 e. The second-order valence-corrected chi connectivity index (χ2v) is 9.37. The van der Waals surface area contributed by atoms with E-state index >= 15 is 0 Å². The average molecular weight is 457 g/mol. The molecular weight excluding hydrogens is 432 g/mol. The van der Waals surface area contributed by atoms with E-state index < -0.39 is 11.9 Å². The zero-order chi connectivity index (χ0) is 21.8. The van der Waals surface area contributed by atoms with Crippen molar-refractivity contribution in [2.24, 2.45) is 0 Å². The summed E-state index contributed by atoms with van der Waals surface area (Å²) >= 11 is 2.77. The molecule has 1 aliphatic rings. The van der Waals surface area contributed by atoms with Crippen molar-refractivity contribution in [3.63, 3.8) is 0 Å². The van der Waals surface area contributed by atoms with E-state index in [1.54, 1.807) is 15.9 Å². The second kappa shape index (κ2) is 9.65. The first-order chi connectivity index (χ1) is 15.1. The van der Waals surface area contributed by atoms with Crippen molar-refractivity contribution in [3.8, 4) is 0 Å². The molecule has 0 unspecified atom stereocenters. The van der Waals surface area contributed by atoms with Gasteiger partial charge in [-0.1, -0.05) is 42.1 Å². The highest BCUT2D eigenvalue weighted by Crippen LogP contribution is 2.34. The molecule has 2 N–H and O–H groups in total. The molecule has 4 rings (SSSR count). The number of thiophene rings is 1. The first kappa shape index (κ1) is 21.6. The number of thioether (sulfide) groups is 1. The van der Waals surface area contributed by atoms with Gasteiger partial charge in [0.2, 0.25) is 5.91 Å². The minimum absolute atomic E-state index is 0.00178. The van der Waals surface area contributed by atoms with E-state index in [4.69, 9.17) is 4.98 Å². The summed E-state index contributed by atoms with van der Waals surface area (Å²) in [6, 6.07) is 8.92. The SMILES string of the molecule is CCn1c(SCC(=O)NC(=O)NCc2ccccc2)nc2sc3c(c2c1=O)CCCC3. The maximum Gasteiger partial charge on any atom is 0.321 e. The topological polar surface area (TPSA) is 93.1 Å². The number of imide groups is 1. The Morgan fingerprint density at radius 3 is 2.74 bits per heavy atom. The lowest BCUT2D eigenvalue weighted by molar-refractivity contribution is -0.117. The molecule has 0 saturated heterocycles. The molecule has 0 fully saturated rings. The Kier molecular flexibility index (Phi) is 6.72. The number of fused-ring (bicyclic) bond motifs is 3. The van der Waals surface area contributed by atoms with Crippen LogP contribution >= 0.6 is 23.1 Å². The average Bonchev–Trinajstić information content (AvgIpc) is 3.15. The Balaban J connectivity index is 1.41. The number of aromatic nitrogens is 2. The summed E-state index contributed by atoms with van der Waals surface area (Å²) in [6.45, 7) is 2.71. The van der Waals surface area contributed by atoms with Crippen LogP contribution in [-0.2, 0) is 30.7 Å². The van der Waals surface area contributed by atoms with Crippen molar-refractivity contribution in [2.75, 3.05) is 5.75 Å². The van der Waals surface area contributed by atoms with E-state index in [2.05, 4.69) is 10.6 Å². The zero-order valence-corrected chi connectivity index (χ0v) is 18.9. The number of urea groups is 1. The van der Waals surface area contributed by atoms with Gasteiger partial charge in [0.15, 0.2) is 5.16 Å². The number of hydrogen-bond acceptors (Lipinski definition) is 6. The van der Waals surface area contributed by atoms with Crippen LogP contribution in [0, 0.1) is 0 Å². The predicted octanol–water partition coefficient (Wildman–Crippen LogP) is 3.47. The van der Waals surface area contributed by atoms with Gasteiger partial charge in [0.25, 0.3) is 5.56 Å². The van der Waals surface area contributed by atoms with Crippen LogP contribution in [0.2, 0.25) is 0 Å². The fourth-order valence-electron chi connectivity index (χ4n) is 3.72. The van der Waals surface area contributed by atoms with Crippen LogP contribution in [0.15, 0.2) is 40.3 Å². The Bertz CT molecular complexity index is 1170. The summed E-state index contributed by atoms with van der Waals surface area (Å²) in [5.41, 5.74) is 2.08. The van der Waals surface area contributed by atoms with E-state index in [0.29, 0.717) is 18.2 Å². The van der Waals surface area contributed by atoms with Gasteiger partial charge in [-0.25, -0.2) is 9.78 Å². The number of aryl methyl sites for hydroxylation is 2. The number of carbonyl (C=O) groups is 2. The Morgan fingerprint density at radius 1 is 1.19 bits per heavy atom. The Hall–Kier alpha value is -2.65. The summed E-state index contributed by atoms with van der Waals surface area (Å²) in [4.78, 5) is 44.1. The summed E-state index contributed by atoms with van der Waals surface area (Å²) in [7, 11) is 0. The van der Waals surface area contributed by atoms with Crippen LogP contribution in [0.4, 0.5) is 4.79 Å². The number of amides is 3. The minimum atomic E-state index is -0.545. The largest absolute Gasteiger partial charge is 0.334 e. The van der Waals surface area contributed by atoms with Crippen molar-refractivity contribution in [3.05, 3.63) is 56.7 Å². The van der Waals surface area contributed by atoms with Crippen molar-refractivity contribution in [1.29, 1.82) is 0 Å². The van der Waals surface area contributed by atoms with Gasteiger partial charge in [0.05, 0.1) is 11.1 Å². The quantitative estimate of drug-likeness (QED) is 0.438. The van der Waals surface area contributed by atoms with Crippen LogP contribution < -0.4 is 16.2 Å². The maximum atomic E-state index is 13.1. The van der Waals surface area contributed by atoms with Crippen LogP contribution in [0.1, 0.15) is 35.8 Å². The Morgan fingerprint density at radius 2 is 1.97 bits per heavy atom. The van der Waals surface area contributed by atoms with Crippen molar-refractivity contribution in [1.82, 2.24) is 20.2 Å². The van der Waals surface area contributed by atoms with E-state index in [1.165, 1.54) is 16.6 Å². The number of nitrogens with zero attached hydrogens (tertiary/aromatic N) is 2. The molecule has 3 aromatic rings. The highest BCUT2D eigenvalue weighted by Gasteiger charge is 2.22. The molecule has 0 spiro atoms. The van der Waals surface area contributed by atoms with Gasteiger partial charge in [-0.05, 0) is 43.7 Å². The van der Waals surface area contributed by atoms with Gasteiger partial charge in [-0.3, -0.25) is 19.5 Å². The fourth-order valence-corrected chi connectivity index (χ4v) is 5.89. The van der Waals surface area contributed by atoms with Crippen LogP contribution in [0.25, 0.3) is 10.2 Å². The van der Waals surface area contributed by atoms with Gasteiger partial charge in [0.1, 0.15) is 4.83 Å². The molecule has 1 aromatic carbocycles. The summed E-state index contributed by atoms with van der Waals surface area (Å²) in [6.07, 6.45) is 4.19. The highest BCUT2D eigenvalue weighted by atomic mass is 32.2. The van der Waals surface area contributed by atoms with E-state index in [1.807, 2.05) is 37.3 Å². The number of carbonyl (C=O) groups excluding carboxylic acids is 2. The molecule has 0 saturated carbocycles. The molecule has 31 heavy (non-hydrogen) atoms. The smallest absolute Gasteiger partial charge is 0.321 e. The monoisotopic (exact) mass is 456 g/mol. The molecule has 3 amide bonds. The summed E-state index contributed by atoms with van der Waals surface area (Å²) < 4.78 is 1.62. The van der Waals surface area contributed by atoms with Crippen LogP contribution in [0.3, 0.4) is 0 Å². The summed E-state index contributed by atoms with van der Waals surface area (Å²) in [5.74, 6) is -0.431. The van der Waals surface area contributed by atoms with E-state index in [-0.39, 0.29) is 11.3 Å². The second-order valence-electron chi connectivity index (χ2n) is 7.34.